The second kappa shape index (κ2) is 10.4. The topological polar surface area (TPSA) is 66.8 Å². The zero-order valence-electron chi connectivity index (χ0n) is 18.8. The Balaban J connectivity index is 1.63. The summed E-state index contributed by atoms with van der Waals surface area (Å²) in [6, 6.07) is 17.4. The molecule has 166 valence electrons. The van der Waals surface area contributed by atoms with Crippen molar-refractivity contribution in [2.45, 2.75) is 32.6 Å². The smallest absolute Gasteiger partial charge is 0.272 e. The molecule has 1 amide bonds. The molecule has 0 saturated carbocycles. The second-order valence-corrected chi connectivity index (χ2v) is 8.22. The molecule has 0 unspecified atom stereocenters. The number of hydrazone groups is 1. The number of para-hydroxylation sites is 1. The van der Waals surface area contributed by atoms with Gasteiger partial charge in [0.05, 0.1) is 23.4 Å². The van der Waals surface area contributed by atoms with Gasteiger partial charge in [0.1, 0.15) is 5.75 Å². The van der Waals surface area contributed by atoms with E-state index in [1.54, 1.807) is 0 Å². The summed E-state index contributed by atoms with van der Waals surface area (Å²) in [7, 11) is 2.10. The summed E-state index contributed by atoms with van der Waals surface area (Å²) >= 11 is 0. The van der Waals surface area contributed by atoms with Gasteiger partial charge < -0.3 is 9.64 Å². The molecule has 0 bridgehead atoms. The Morgan fingerprint density at radius 2 is 1.94 bits per heavy atom. The van der Waals surface area contributed by atoms with Crippen molar-refractivity contribution < 1.29 is 9.53 Å². The molecule has 1 saturated heterocycles. The standard InChI is InChI=1S/C26H30N4O2/c1-3-4-16-32-21-9-7-8-19(17-21)25-18-23(22-10-5-6-11-24(22)27-25)26(31)29-28-20-12-14-30(2)15-13-20/h5-11,17-18H,3-4,12-16H2,1-2H3,(H,29,31). The van der Waals surface area contributed by atoms with Crippen LogP contribution in [0.2, 0.25) is 0 Å². The van der Waals surface area contributed by atoms with Gasteiger partial charge in [-0.2, -0.15) is 5.10 Å². The highest BCUT2D eigenvalue weighted by molar-refractivity contribution is 6.07. The van der Waals surface area contributed by atoms with E-state index in [2.05, 4.69) is 29.4 Å². The van der Waals surface area contributed by atoms with Gasteiger partial charge in [-0.1, -0.05) is 43.7 Å². The zero-order chi connectivity index (χ0) is 22.3. The zero-order valence-corrected chi connectivity index (χ0v) is 18.8. The van der Waals surface area contributed by atoms with E-state index in [9.17, 15) is 4.79 Å². The largest absolute Gasteiger partial charge is 0.494 e. The van der Waals surface area contributed by atoms with Crippen molar-refractivity contribution in [3.8, 4) is 17.0 Å². The number of ether oxygens (including phenoxy) is 1. The van der Waals surface area contributed by atoms with Crippen LogP contribution in [0.1, 0.15) is 43.0 Å². The van der Waals surface area contributed by atoms with Gasteiger partial charge >= 0.3 is 0 Å². The maximum absolute atomic E-state index is 13.1. The van der Waals surface area contributed by atoms with Gasteiger partial charge in [0.15, 0.2) is 0 Å². The van der Waals surface area contributed by atoms with E-state index in [4.69, 9.17) is 9.72 Å². The van der Waals surface area contributed by atoms with Crippen LogP contribution >= 0.6 is 0 Å². The Bertz CT molecular complexity index is 1120. The third-order valence-electron chi connectivity index (χ3n) is 5.74. The molecule has 0 atom stereocenters. The molecule has 1 aliphatic heterocycles. The molecule has 6 heteroatoms. The summed E-state index contributed by atoms with van der Waals surface area (Å²) in [5.74, 6) is 0.595. The number of carbonyl (C=O) groups is 1. The first-order valence-corrected chi connectivity index (χ1v) is 11.3. The fraction of sp³-hybridized carbons (Fsp3) is 0.346. The van der Waals surface area contributed by atoms with Crippen LogP contribution in [0.5, 0.6) is 5.75 Å². The lowest BCUT2D eigenvalue weighted by Crippen LogP contribution is -2.32. The number of piperidine rings is 1. The molecular weight excluding hydrogens is 400 g/mol. The Labute approximate surface area is 189 Å². The SMILES string of the molecule is CCCCOc1cccc(-c2cc(C(=O)NN=C3CCN(C)CC3)c3ccccc3n2)c1. The lowest BCUT2D eigenvalue weighted by Gasteiger charge is -2.22. The average Bonchev–Trinajstić information content (AvgIpc) is 2.83. The molecule has 32 heavy (non-hydrogen) atoms. The first kappa shape index (κ1) is 22.0. The van der Waals surface area contributed by atoms with Crippen LogP contribution in [0.15, 0.2) is 59.7 Å². The number of nitrogens with one attached hydrogen (secondary N) is 1. The third kappa shape index (κ3) is 5.32. The number of rotatable bonds is 7. The number of hydrogen-bond acceptors (Lipinski definition) is 5. The van der Waals surface area contributed by atoms with E-state index < -0.39 is 0 Å². The highest BCUT2D eigenvalue weighted by Gasteiger charge is 2.16. The van der Waals surface area contributed by atoms with Crippen molar-refractivity contribution in [2.75, 3.05) is 26.7 Å². The van der Waals surface area contributed by atoms with Crippen LogP contribution in [-0.2, 0) is 0 Å². The monoisotopic (exact) mass is 430 g/mol. The number of carbonyl (C=O) groups excluding carboxylic acids is 1. The predicted octanol–water partition coefficient (Wildman–Crippen LogP) is 4.89. The van der Waals surface area contributed by atoms with Crippen LogP contribution in [0.3, 0.4) is 0 Å². The van der Waals surface area contributed by atoms with Crippen LogP contribution in [0.4, 0.5) is 0 Å². The minimum Gasteiger partial charge on any atom is -0.494 e. The molecule has 2 aromatic carbocycles. The lowest BCUT2D eigenvalue weighted by atomic mass is 10.0. The number of nitrogens with zero attached hydrogens (tertiary/aromatic N) is 3. The second-order valence-electron chi connectivity index (χ2n) is 8.22. The van der Waals surface area contributed by atoms with E-state index in [1.807, 2.05) is 54.6 Å². The predicted molar refractivity (Wildman–Crippen MR) is 129 cm³/mol. The average molecular weight is 431 g/mol. The first-order valence-electron chi connectivity index (χ1n) is 11.3. The number of pyridine rings is 1. The third-order valence-corrected chi connectivity index (χ3v) is 5.74. The van der Waals surface area contributed by atoms with Crippen LogP contribution in [-0.4, -0.2) is 48.2 Å². The molecular formula is C26H30N4O2. The van der Waals surface area contributed by atoms with Crippen molar-refractivity contribution in [2.24, 2.45) is 5.10 Å². The summed E-state index contributed by atoms with van der Waals surface area (Å²) in [6.07, 6.45) is 3.86. The fourth-order valence-corrected chi connectivity index (χ4v) is 3.77. The molecule has 4 rings (SSSR count). The molecule has 1 N–H and O–H groups in total. The van der Waals surface area contributed by atoms with Gasteiger partial charge in [-0.3, -0.25) is 4.79 Å². The number of fused-ring (bicyclic) bond motifs is 1. The van der Waals surface area contributed by atoms with Gasteiger partial charge in [0, 0.05) is 42.6 Å². The Kier molecular flexibility index (Phi) is 7.12. The molecule has 1 aromatic heterocycles. The molecule has 0 aliphatic carbocycles. The Morgan fingerprint density at radius 1 is 1.12 bits per heavy atom. The number of unbranched alkanes of at least 4 members (excludes halogenated alkanes) is 1. The van der Waals surface area contributed by atoms with Gasteiger partial charge in [-0.05, 0) is 37.7 Å². The molecule has 0 radical (unpaired) electrons. The normalized spacial score (nSPS) is 14.4. The molecule has 1 aliphatic rings. The van der Waals surface area contributed by atoms with Gasteiger partial charge in [-0.15, -0.1) is 0 Å². The van der Waals surface area contributed by atoms with E-state index in [-0.39, 0.29) is 5.91 Å². The molecule has 1 fully saturated rings. The highest BCUT2D eigenvalue weighted by Crippen LogP contribution is 2.27. The maximum Gasteiger partial charge on any atom is 0.272 e. The Hall–Kier alpha value is -3.25. The first-order chi connectivity index (χ1) is 15.6. The molecule has 3 aromatic rings. The number of likely N-dealkylation sites (tertiary alicyclic amines) is 1. The molecule has 2 heterocycles. The van der Waals surface area contributed by atoms with Gasteiger partial charge in [0.25, 0.3) is 5.91 Å². The summed E-state index contributed by atoms with van der Waals surface area (Å²) in [5.41, 5.74) is 6.81. The van der Waals surface area contributed by atoms with E-state index in [0.717, 1.165) is 72.4 Å². The van der Waals surface area contributed by atoms with E-state index >= 15 is 0 Å². The van der Waals surface area contributed by atoms with Crippen molar-refractivity contribution in [3.63, 3.8) is 0 Å². The van der Waals surface area contributed by atoms with Crippen molar-refractivity contribution in [3.05, 3.63) is 60.2 Å². The minimum absolute atomic E-state index is 0.216. The van der Waals surface area contributed by atoms with Crippen molar-refractivity contribution >= 4 is 22.5 Å². The summed E-state index contributed by atoms with van der Waals surface area (Å²) in [6.45, 7) is 4.76. The summed E-state index contributed by atoms with van der Waals surface area (Å²) < 4.78 is 5.86. The number of benzene rings is 2. The number of aromatic nitrogens is 1. The molecule has 6 nitrogen and oxygen atoms in total. The van der Waals surface area contributed by atoms with Crippen LogP contribution in [0, 0.1) is 0 Å². The number of hydrogen-bond donors (Lipinski definition) is 1. The van der Waals surface area contributed by atoms with Crippen molar-refractivity contribution in [1.29, 1.82) is 0 Å². The van der Waals surface area contributed by atoms with Gasteiger partial charge in [-0.25, -0.2) is 10.4 Å². The highest BCUT2D eigenvalue weighted by atomic mass is 16.5. The Morgan fingerprint density at radius 3 is 2.75 bits per heavy atom. The number of amides is 1. The van der Waals surface area contributed by atoms with Gasteiger partial charge in [0.2, 0.25) is 0 Å². The molecule has 0 spiro atoms. The quantitative estimate of drug-likeness (QED) is 0.428. The minimum atomic E-state index is -0.216. The summed E-state index contributed by atoms with van der Waals surface area (Å²) in [4.78, 5) is 20.2. The van der Waals surface area contributed by atoms with E-state index in [1.165, 1.54) is 0 Å². The fourth-order valence-electron chi connectivity index (χ4n) is 3.77. The maximum atomic E-state index is 13.1. The van der Waals surface area contributed by atoms with Crippen LogP contribution in [0.25, 0.3) is 22.2 Å². The van der Waals surface area contributed by atoms with E-state index in [0.29, 0.717) is 12.2 Å². The lowest BCUT2D eigenvalue weighted by molar-refractivity contribution is 0.0956. The summed E-state index contributed by atoms with van der Waals surface area (Å²) in [5, 5.41) is 5.22. The van der Waals surface area contributed by atoms with Crippen LogP contribution < -0.4 is 10.2 Å². The van der Waals surface area contributed by atoms with Crippen molar-refractivity contribution in [1.82, 2.24) is 15.3 Å².